The van der Waals surface area contributed by atoms with Crippen LogP contribution in [-0.4, -0.2) is 20.0 Å². The molecule has 3 nitrogen and oxygen atoms in total. The standard InChI is InChI=1S/C18H26O3/c1-12(2)13-5-7-14(8-6-13)18(19)16-11-15(20-3)9-10-17(16)21-4/h9-14H,5-8H2,1-4H3. The van der Waals surface area contributed by atoms with Crippen molar-refractivity contribution in [2.24, 2.45) is 17.8 Å². The second-order valence-electron chi connectivity index (χ2n) is 6.29. The first kappa shape index (κ1) is 15.9. The third-order valence-corrected chi connectivity index (χ3v) is 4.76. The van der Waals surface area contributed by atoms with Crippen LogP contribution in [0.2, 0.25) is 0 Å². The maximum Gasteiger partial charge on any atom is 0.169 e. The highest BCUT2D eigenvalue weighted by Crippen LogP contribution is 2.36. The number of carbonyl (C=O) groups is 1. The van der Waals surface area contributed by atoms with Gasteiger partial charge in [0.05, 0.1) is 19.8 Å². The fourth-order valence-electron chi connectivity index (χ4n) is 3.27. The van der Waals surface area contributed by atoms with Gasteiger partial charge in [0.1, 0.15) is 11.5 Å². The Hall–Kier alpha value is -1.51. The Kier molecular flexibility index (Phi) is 5.27. The number of hydrogen-bond donors (Lipinski definition) is 0. The smallest absolute Gasteiger partial charge is 0.169 e. The van der Waals surface area contributed by atoms with Gasteiger partial charge < -0.3 is 9.47 Å². The summed E-state index contributed by atoms with van der Waals surface area (Å²) in [5.41, 5.74) is 0.657. The van der Waals surface area contributed by atoms with Gasteiger partial charge in [-0.05, 0) is 55.7 Å². The van der Waals surface area contributed by atoms with Crippen LogP contribution in [0.15, 0.2) is 18.2 Å². The van der Waals surface area contributed by atoms with Gasteiger partial charge in [0, 0.05) is 5.92 Å². The molecule has 3 heteroatoms. The maximum absolute atomic E-state index is 12.8. The minimum atomic E-state index is 0.126. The molecule has 1 aromatic rings. The van der Waals surface area contributed by atoms with Crippen molar-refractivity contribution < 1.29 is 14.3 Å². The molecule has 116 valence electrons. The second-order valence-corrected chi connectivity index (χ2v) is 6.29. The molecule has 0 aromatic heterocycles. The van der Waals surface area contributed by atoms with Crippen molar-refractivity contribution in [3.8, 4) is 11.5 Å². The monoisotopic (exact) mass is 290 g/mol. The van der Waals surface area contributed by atoms with Crippen LogP contribution in [0.3, 0.4) is 0 Å². The molecular formula is C18H26O3. The van der Waals surface area contributed by atoms with Crippen molar-refractivity contribution >= 4 is 5.78 Å². The molecule has 0 unspecified atom stereocenters. The van der Waals surface area contributed by atoms with Gasteiger partial charge in [0.2, 0.25) is 0 Å². The van der Waals surface area contributed by atoms with Gasteiger partial charge in [-0.2, -0.15) is 0 Å². The Morgan fingerprint density at radius 2 is 1.76 bits per heavy atom. The molecule has 1 aliphatic carbocycles. The van der Waals surface area contributed by atoms with Crippen LogP contribution in [0, 0.1) is 17.8 Å². The number of ether oxygens (including phenoxy) is 2. The summed E-state index contributed by atoms with van der Waals surface area (Å²) in [6.07, 6.45) is 4.28. The van der Waals surface area contributed by atoms with Crippen molar-refractivity contribution in [3.05, 3.63) is 23.8 Å². The van der Waals surface area contributed by atoms with Crippen molar-refractivity contribution in [1.82, 2.24) is 0 Å². The third-order valence-electron chi connectivity index (χ3n) is 4.76. The van der Waals surface area contributed by atoms with Crippen molar-refractivity contribution in [1.29, 1.82) is 0 Å². The predicted molar refractivity (Wildman–Crippen MR) is 84.2 cm³/mol. The van der Waals surface area contributed by atoms with Crippen LogP contribution in [0.5, 0.6) is 11.5 Å². The molecule has 0 bridgehead atoms. The lowest BCUT2D eigenvalue weighted by Gasteiger charge is -2.30. The number of hydrogen-bond acceptors (Lipinski definition) is 3. The summed E-state index contributed by atoms with van der Waals surface area (Å²) in [5, 5.41) is 0. The minimum absolute atomic E-state index is 0.126. The number of ketones is 1. The van der Waals surface area contributed by atoms with E-state index in [-0.39, 0.29) is 11.7 Å². The Morgan fingerprint density at radius 1 is 1.10 bits per heavy atom. The van der Waals surface area contributed by atoms with E-state index in [0.29, 0.717) is 23.0 Å². The van der Waals surface area contributed by atoms with E-state index in [0.717, 1.165) is 31.6 Å². The molecule has 2 rings (SSSR count). The molecule has 0 heterocycles. The molecule has 1 fully saturated rings. The summed E-state index contributed by atoms with van der Waals surface area (Å²) in [7, 11) is 3.22. The summed E-state index contributed by atoms with van der Waals surface area (Å²) in [6, 6.07) is 5.44. The molecule has 0 atom stereocenters. The van der Waals surface area contributed by atoms with Gasteiger partial charge in [-0.3, -0.25) is 4.79 Å². The fraction of sp³-hybridized carbons (Fsp3) is 0.611. The van der Waals surface area contributed by atoms with E-state index in [1.807, 2.05) is 12.1 Å². The van der Waals surface area contributed by atoms with E-state index in [1.165, 1.54) is 0 Å². The molecule has 0 N–H and O–H groups in total. The van der Waals surface area contributed by atoms with E-state index in [4.69, 9.17) is 9.47 Å². The molecule has 0 amide bonds. The van der Waals surface area contributed by atoms with Gasteiger partial charge in [-0.15, -0.1) is 0 Å². The fourth-order valence-corrected chi connectivity index (χ4v) is 3.27. The summed E-state index contributed by atoms with van der Waals surface area (Å²) in [4.78, 5) is 12.8. The number of carbonyl (C=O) groups excluding carboxylic acids is 1. The highest BCUT2D eigenvalue weighted by molar-refractivity contribution is 6.00. The van der Waals surface area contributed by atoms with Crippen LogP contribution >= 0.6 is 0 Å². The molecule has 0 aliphatic heterocycles. The van der Waals surface area contributed by atoms with Gasteiger partial charge in [-0.1, -0.05) is 13.8 Å². The summed E-state index contributed by atoms with van der Waals surface area (Å²) >= 11 is 0. The van der Waals surface area contributed by atoms with Crippen LogP contribution in [0.1, 0.15) is 49.9 Å². The summed E-state index contributed by atoms with van der Waals surface area (Å²) < 4.78 is 10.6. The summed E-state index contributed by atoms with van der Waals surface area (Å²) in [5.74, 6) is 3.16. The quantitative estimate of drug-likeness (QED) is 0.756. The van der Waals surface area contributed by atoms with Crippen molar-refractivity contribution in [3.63, 3.8) is 0 Å². The Bertz CT molecular complexity index is 485. The second kappa shape index (κ2) is 6.97. The zero-order chi connectivity index (χ0) is 15.4. The highest BCUT2D eigenvalue weighted by Gasteiger charge is 2.29. The normalized spacial score (nSPS) is 22.1. The SMILES string of the molecule is COc1ccc(OC)c(C(=O)C2CCC(C(C)C)CC2)c1. The lowest BCUT2D eigenvalue weighted by atomic mass is 9.74. The maximum atomic E-state index is 12.8. The number of rotatable bonds is 5. The molecule has 0 radical (unpaired) electrons. The molecule has 1 aromatic carbocycles. The van der Waals surface area contributed by atoms with Gasteiger partial charge in [0.15, 0.2) is 5.78 Å². The van der Waals surface area contributed by atoms with Gasteiger partial charge in [0.25, 0.3) is 0 Å². The van der Waals surface area contributed by atoms with Crippen molar-refractivity contribution in [2.45, 2.75) is 39.5 Å². The molecule has 0 spiro atoms. The largest absolute Gasteiger partial charge is 0.497 e. The van der Waals surface area contributed by atoms with Crippen LogP contribution in [0.25, 0.3) is 0 Å². The van der Waals surface area contributed by atoms with E-state index < -0.39 is 0 Å². The Balaban J connectivity index is 2.13. The molecule has 0 saturated heterocycles. The first-order valence-electron chi connectivity index (χ1n) is 7.83. The number of methoxy groups -OCH3 is 2. The molecular weight excluding hydrogens is 264 g/mol. The average Bonchev–Trinajstić information content (AvgIpc) is 2.53. The third kappa shape index (κ3) is 3.58. The number of benzene rings is 1. The minimum Gasteiger partial charge on any atom is -0.497 e. The zero-order valence-corrected chi connectivity index (χ0v) is 13.5. The van der Waals surface area contributed by atoms with E-state index in [1.54, 1.807) is 20.3 Å². The van der Waals surface area contributed by atoms with Gasteiger partial charge in [-0.25, -0.2) is 0 Å². The molecule has 1 saturated carbocycles. The van der Waals surface area contributed by atoms with E-state index >= 15 is 0 Å². The van der Waals surface area contributed by atoms with Crippen LogP contribution in [0.4, 0.5) is 0 Å². The highest BCUT2D eigenvalue weighted by atomic mass is 16.5. The summed E-state index contributed by atoms with van der Waals surface area (Å²) in [6.45, 7) is 4.55. The first-order valence-corrected chi connectivity index (χ1v) is 7.83. The van der Waals surface area contributed by atoms with E-state index in [2.05, 4.69) is 13.8 Å². The predicted octanol–water partition coefficient (Wildman–Crippen LogP) is 4.35. The van der Waals surface area contributed by atoms with Crippen LogP contribution < -0.4 is 9.47 Å². The molecule has 21 heavy (non-hydrogen) atoms. The first-order chi connectivity index (χ1) is 10.1. The lowest BCUT2D eigenvalue weighted by Crippen LogP contribution is -2.24. The van der Waals surface area contributed by atoms with Gasteiger partial charge >= 0.3 is 0 Å². The topological polar surface area (TPSA) is 35.5 Å². The Labute approximate surface area is 127 Å². The average molecular weight is 290 g/mol. The van der Waals surface area contributed by atoms with Crippen LogP contribution in [-0.2, 0) is 0 Å². The lowest BCUT2D eigenvalue weighted by molar-refractivity contribution is 0.0855. The van der Waals surface area contributed by atoms with Crippen molar-refractivity contribution in [2.75, 3.05) is 14.2 Å². The molecule has 1 aliphatic rings. The number of Topliss-reactive ketones (excluding diaryl/α,β-unsaturated/α-hetero) is 1. The van der Waals surface area contributed by atoms with E-state index in [9.17, 15) is 4.79 Å². The zero-order valence-electron chi connectivity index (χ0n) is 13.5. The Morgan fingerprint density at radius 3 is 2.29 bits per heavy atom.